The number of piperidine rings is 1. The van der Waals surface area contributed by atoms with Gasteiger partial charge in [-0.15, -0.1) is 0 Å². The van der Waals surface area contributed by atoms with Crippen LogP contribution in [0.4, 0.5) is 4.39 Å². The molecule has 0 spiro atoms. The molecule has 0 amide bonds. The molecule has 2 heterocycles. The third-order valence-corrected chi connectivity index (χ3v) is 5.23. The van der Waals surface area contributed by atoms with E-state index < -0.39 is 11.4 Å². The highest BCUT2D eigenvalue weighted by Crippen LogP contribution is 2.35. The first kappa shape index (κ1) is 19.5. The predicted octanol–water partition coefficient (Wildman–Crippen LogP) is 3.10. The first-order chi connectivity index (χ1) is 13.0. The van der Waals surface area contributed by atoms with E-state index in [0.29, 0.717) is 38.2 Å². The summed E-state index contributed by atoms with van der Waals surface area (Å²) in [6.07, 6.45) is 6.55. The number of likely N-dealkylation sites (tertiary alicyclic amines) is 1. The molecule has 1 fully saturated rings. The van der Waals surface area contributed by atoms with Crippen molar-refractivity contribution in [2.24, 2.45) is 5.41 Å². The summed E-state index contributed by atoms with van der Waals surface area (Å²) in [5, 5.41) is 14.1. The van der Waals surface area contributed by atoms with Crippen molar-refractivity contribution >= 4 is 5.97 Å². The van der Waals surface area contributed by atoms with Crippen molar-refractivity contribution in [1.29, 1.82) is 0 Å². The molecule has 146 valence electrons. The number of halogens is 1. The van der Waals surface area contributed by atoms with E-state index in [9.17, 15) is 14.3 Å². The van der Waals surface area contributed by atoms with Crippen molar-refractivity contribution in [3.8, 4) is 5.69 Å². The van der Waals surface area contributed by atoms with E-state index in [0.717, 1.165) is 24.9 Å². The van der Waals surface area contributed by atoms with Crippen LogP contribution in [-0.4, -0.2) is 52.6 Å². The highest BCUT2D eigenvalue weighted by Gasteiger charge is 2.41. The fraction of sp³-hybridized carbons (Fsp3) is 0.500. The number of aromatic nitrogens is 2. The lowest BCUT2D eigenvalue weighted by Crippen LogP contribution is -2.47. The largest absolute Gasteiger partial charge is 0.481 e. The van der Waals surface area contributed by atoms with Gasteiger partial charge in [-0.05, 0) is 50.4 Å². The average Bonchev–Trinajstić information content (AvgIpc) is 3.11. The summed E-state index contributed by atoms with van der Waals surface area (Å²) in [7, 11) is 1.64. The minimum atomic E-state index is -0.723. The molecule has 1 N–H and O–H groups in total. The molecule has 1 aliphatic heterocycles. The summed E-state index contributed by atoms with van der Waals surface area (Å²) < 4.78 is 20.1. The van der Waals surface area contributed by atoms with Gasteiger partial charge in [0.05, 0.1) is 17.3 Å². The van der Waals surface area contributed by atoms with Crippen LogP contribution in [0.15, 0.2) is 36.7 Å². The number of hydrogen-bond acceptors (Lipinski definition) is 4. The van der Waals surface area contributed by atoms with E-state index in [-0.39, 0.29) is 5.82 Å². The van der Waals surface area contributed by atoms with Gasteiger partial charge >= 0.3 is 5.97 Å². The first-order valence-corrected chi connectivity index (χ1v) is 9.27. The molecule has 1 aromatic carbocycles. The van der Waals surface area contributed by atoms with Crippen LogP contribution in [0.3, 0.4) is 0 Å². The summed E-state index contributed by atoms with van der Waals surface area (Å²) in [5.74, 6) is -1.03. The Morgan fingerprint density at radius 1 is 1.44 bits per heavy atom. The Kier molecular flexibility index (Phi) is 6.23. The van der Waals surface area contributed by atoms with Gasteiger partial charge in [0.2, 0.25) is 0 Å². The summed E-state index contributed by atoms with van der Waals surface area (Å²) >= 11 is 0. The second-order valence-electron chi connectivity index (χ2n) is 7.27. The number of carbonyl (C=O) groups is 1. The van der Waals surface area contributed by atoms with Gasteiger partial charge in [0.1, 0.15) is 5.82 Å². The van der Waals surface area contributed by atoms with Crippen molar-refractivity contribution < 1.29 is 19.0 Å². The number of carboxylic acid groups (broad SMARTS) is 1. The van der Waals surface area contributed by atoms with Gasteiger partial charge in [-0.1, -0.05) is 6.07 Å². The molecule has 27 heavy (non-hydrogen) atoms. The average molecular weight is 375 g/mol. The van der Waals surface area contributed by atoms with E-state index in [1.807, 2.05) is 6.20 Å². The quantitative estimate of drug-likeness (QED) is 0.718. The molecule has 1 saturated heterocycles. The molecule has 3 rings (SSSR count). The van der Waals surface area contributed by atoms with Gasteiger partial charge in [-0.2, -0.15) is 5.10 Å². The fourth-order valence-electron chi connectivity index (χ4n) is 3.86. The molecule has 2 aromatic rings. The van der Waals surface area contributed by atoms with Gasteiger partial charge in [-0.3, -0.25) is 9.69 Å². The van der Waals surface area contributed by atoms with Crippen LogP contribution in [0.1, 0.15) is 31.2 Å². The molecule has 0 saturated carbocycles. The molecule has 6 nitrogen and oxygen atoms in total. The number of nitrogens with zero attached hydrogens (tertiary/aromatic N) is 3. The number of hydrogen-bond donors (Lipinski definition) is 1. The maximum Gasteiger partial charge on any atom is 0.310 e. The zero-order chi connectivity index (χ0) is 19.3. The molecule has 0 bridgehead atoms. The number of methoxy groups -OCH3 is 1. The summed E-state index contributed by atoms with van der Waals surface area (Å²) in [6, 6.07) is 6.28. The predicted molar refractivity (Wildman–Crippen MR) is 99.2 cm³/mol. The van der Waals surface area contributed by atoms with E-state index in [2.05, 4.69) is 10.00 Å². The Bertz CT molecular complexity index is 779. The van der Waals surface area contributed by atoms with Crippen LogP contribution >= 0.6 is 0 Å². The Morgan fingerprint density at radius 2 is 2.30 bits per heavy atom. The summed E-state index contributed by atoms with van der Waals surface area (Å²) in [4.78, 5) is 14.1. The van der Waals surface area contributed by atoms with Gasteiger partial charge in [0.15, 0.2) is 0 Å². The SMILES string of the molecule is COCCCC1(C(=O)O)CCCN(Cc2cnn(-c3cccc(F)c3)c2)C1. The number of aliphatic carboxylic acids is 1. The molecule has 1 unspecified atom stereocenters. The van der Waals surface area contributed by atoms with Gasteiger partial charge < -0.3 is 9.84 Å². The molecule has 7 heteroatoms. The zero-order valence-electron chi connectivity index (χ0n) is 15.6. The van der Waals surface area contributed by atoms with Crippen LogP contribution in [0.2, 0.25) is 0 Å². The Hall–Kier alpha value is -2.25. The minimum Gasteiger partial charge on any atom is -0.481 e. The van der Waals surface area contributed by atoms with Gasteiger partial charge in [-0.25, -0.2) is 9.07 Å². The van der Waals surface area contributed by atoms with Crippen molar-refractivity contribution in [3.05, 3.63) is 48.0 Å². The summed E-state index contributed by atoms with van der Waals surface area (Å²) in [6.45, 7) is 2.60. The lowest BCUT2D eigenvalue weighted by atomic mass is 9.76. The van der Waals surface area contributed by atoms with Crippen LogP contribution in [-0.2, 0) is 16.1 Å². The van der Waals surface area contributed by atoms with Crippen LogP contribution < -0.4 is 0 Å². The molecular weight excluding hydrogens is 349 g/mol. The molecule has 1 aliphatic rings. The van der Waals surface area contributed by atoms with Crippen molar-refractivity contribution in [2.75, 3.05) is 26.8 Å². The van der Waals surface area contributed by atoms with Crippen LogP contribution in [0.5, 0.6) is 0 Å². The second-order valence-corrected chi connectivity index (χ2v) is 7.27. The third-order valence-electron chi connectivity index (χ3n) is 5.23. The van der Waals surface area contributed by atoms with Crippen molar-refractivity contribution in [3.63, 3.8) is 0 Å². The topological polar surface area (TPSA) is 67.6 Å². The maximum atomic E-state index is 13.4. The van der Waals surface area contributed by atoms with E-state index >= 15 is 0 Å². The number of carboxylic acids is 1. The fourth-order valence-corrected chi connectivity index (χ4v) is 3.86. The third kappa shape index (κ3) is 4.73. The molecule has 1 atom stereocenters. The number of ether oxygens (including phenoxy) is 1. The number of rotatable bonds is 8. The normalized spacial score (nSPS) is 20.7. The lowest BCUT2D eigenvalue weighted by molar-refractivity contribution is -0.153. The zero-order valence-corrected chi connectivity index (χ0v) is 15.6. The Balaban J connectivity index is 1.67. The van der Waals surface area contributed by atoms with Gasteiger partial charge in [0, 0.05) is 38.6 Å². The van der Waals surface area contributed by atoms with E-state index in [1.165, 1.54) is 12.1 Å². The maximum absolute atomic E-state index is 13.4. The Morgan fingerprint density at radius 3 is 3.04 bits per heavy atom. The van der Waals surface area contributed by atoms with E-state index in [1.54, 1.807) is 30.1 Å². The highest BCUT2D eigenvalue weighted by molar-refractivity contribution is 5.75. The van der Waals surface area contributed by atoms with Crippen LogP contribution in [0.25, 0.3) is 5.69 Å². The van der Waals surface area contributed by atoms with Crippen molar-refractivity contribution in [2.45, 2.75) is 32.2 Å². The molecular formula is C20H26FN3O3. The van der Waals surface area contributed by atoms with Gasteiger partial charge in [0.25, 0.3) is 0 Å². The second kappa shape index (κ2) is 8.63. The molecule has 0 radical (unpaired) electrons. The Labute approximate surface area is 158 Å². The standard InChI is InChI=1S/C20H26FN3O3/c1-27-10-4-8-20(19(25)26)7-3-9-23(15-20)13-16-12-22-24(14-16)18-6-2-5-17(21)11-18/h2,5-6,11-12,14H,3-4,7-10,13,15H2,1H3,(H,25,26). The monoisotopic (exact) mass is 375 g/mol. The van der Waals surface area contributed by atoms with Crippen molar-refractivity contribution in [1.82, 2.24) is 14.7 Å². The smallest absolute Gasteiger partial charge is 0.310 e. The number of benzene rings is 1. The molecule has 1 aromatic heterocycles. The van der Waals surface area contributed by atoms with Crippen LogP contribution in [0, 0.1) is 11.2 Å². The highest BCUT2D eigenvalue weighted by atomic mass is 19.1. The minimum absolute atomic E-state index is 0.303. The lowest BCUT2D eigenvalue weighted by Gasteiger charge is -2.40. The first-order valence-electron chi connectivity index (χ1n) is 9.27. The van der Waals surface area contributed by atoms with E-state index in [4.69, 9.17) is 4.74 Å². The summed E-state index contributed by atoms with van der Waals surface area (Å²) in [5.41, 5.74) is 0.937. The molecule has 0 aliphatic carbocycles.